The summed E-state index contributed by atoms with van der Waals surface area (Å²) in [6, 6.07) is 17.0. The number of anilines is 2. The van der Waals surface area contributed by atoms with E-state index < -0.39 is 0 Å². The normalized spacial score (nSPS) is 25.5. The number of benzene rings is 2. The van der Waals surface area contributed by atoms with Crippen LogP contribution in [-0.2, 0) is 6.42 Å². The molecule has 1 amide bonds. The third kappa shape index (κ3) is 4.53. The van der Waals surface area contributed by atoms with Gasteiger partial charge in [0, 0.05) is 41.8 Å². The van der Waals surface area contributed by atoms with E-state index in [1.165, 1.54) is 24.1 Å². The third-order valence-corrected chi connectivity index (χ3v) is 7.72. The lowest BCUT2D eigenvalue weighted by Gasteiger charge is -2.39. The van der Waals surface area contributed by atoms with Crippen molar-refractivity contribution in [1.82, 2.24) is 4.90 Å². The number of nitrogens with zero attached hydrogens (tertiary/aromatic N) is 2. The number of likely N-dealkylation sites (tertiary alicyclic amines) is 1. The summed E-state index contributed by atoms with van der Waals surface area (Å²) in [5.74, 6) is 0.178. The van der Waals surface area contributed by atoms with Crippen molar-refractivity contribution in [2.75, 3.05) is 29.9 Å². The highest BCUT2D eigenvalue weighted by Crippen LogP contribution is 2.52. The predicted octanol–water partition coefficient (Wildman–Crippen LogP) is 6.11. The van der Waals surface area contributed by atoms with Gasteiger partial charge in [-0.15, -0.1) is 0 Å². The molecule has 1 saturated heterocycles. The maximum absolute atomic E-state index is 13.3. The summed E-state index contributed by atoms with van der Waals surface area (Å²) in [5, 5.41) is 3.45. The zero-order valence-electron chi connectivity index (χ0n) is 20.4. The molecule has 2 aromatic carbocycles. The molecule has 0 spiro atoms. The van der Waals surface area contributed by atoms with E-state index in [4.69, 9.17) is 0 Å². The van der Waals surface area contributed by atoms with Crippen molar-refractivity contribution < 1.29 is 4.79 Å². The first kappa shape index (κ1) is 22.1. The molecule has 2 aromatic rings. The molecule has 4 nitrogen and oxygen atoms in total. The van der Waals surface area contributed by atoms with Crippen LogP contribution in [0.4, 0.5) is 11.4 Å². The molecule has 2 bridgehead atoms. The smallest absolute Gasteiger partial charge is 0.254 e. The van der Waals surface area contributed by atoms with E-state index >= 15 is 0 Å². The molecule has 1 saturated carbocycles. The minimum Gasteiger partial charge on any atom is -0.366 e. The lowest BCUT2D eigenvalue weighted by Crippen LogP contribution is -2.37. The van der Waals surface area contributed by atoms with Crippen molar-refractivity contribution in [1.29, 1.82) is 0 Å². The minimum absolute atomic E-state index is 0.178. The van der Waals surface area contributed by atoms with Crippen molar-refractivity contribution in [3.8, 4) is 0 Å². The van der Waals surface area contributed by atoms with Crippen molar-refractivity contribution in [3.63, 3.8) is 0 Å². The minimum atomic E-state index is 0.178. The van der Waals surface area contributed by atoms with Gasteiger partial charge in [0.2, 0.25) is 0 Å². The number of nitrogens with one attached hydrogen (secondary N) is 1. The second kappa shape index (κ2) is 8.23. The average molecular weight is 444 g/mol. The number of carbonyl (C=O) groups excluding carboxylic acids is 1. The predicted molar refractivity (Wildman–Crippen MR) is 137 cm³/mol. The Bertz CT molecular complexity index is 1060. The fourth-order valence-corrected chi connectivity index (χ4v) is 6.81. The highest BCUT2D eigenvalue weighted by atomic mass is 16.2. The molecule has 0 aromatic heterocycles. The van der Waals surface area contributed by atoms with Gasteiger partial charge >= 0.3 is 0 Å². The van der Waals surface area contributed by atoms with Crippen LogP contribution in [0, 0.1) is 10.8 Å². The fourth-order valence-electron chi connectivity index (χ4n) is 6.81. The van der Waals surface area contributed by atoms with Gasteiger partial charge in [0.15, 0.2) is 0 Å². The van der Waals surface area contributed by atoms with Crippen molar-refractivity contribution in [2.24, 2.45) is 10.8 Å². The fraction of sp³-hybridized carbons (Fsp3) is 0.483. The topological polar surface area (TPSA) is 35.6 Å². The highest BCUT2D eigenvalue weighted by molar-refractivity contribution is 5.95. The number of carbonyl (C=O) groups is 1. The molecule has 0 radical (unpaired) electrons. The SMILES string of the molecule is C=C(CN1CCCc2ccccc21)Nc1ccc(C(=O)N2CC3(C)CC2CC(C)(C)C3)cc1. The zero-order chi connectivity index (χ0) is 23.2. The van der Waals surface area contributed by atoms with E-state index in [1.807, 2.05) is 24.3 Å². The number of aryl methyl sites for hydroxylation is 1. The molecule has 2 aliphatic heterocycles. The number of para-hydroxylation sites is 1. The second-order valence-electron chi connectivity index (χ2n) is 11.6. The van der Waals surface area contributed by atoms with E-state index in [9.17, 15) is 4.79 Å². The largest absolute Gasteiger partial charge is 0.366 e. The Kier molecular flexibility index (Phi) is 5.50. The molecule has 2 atom stereocenters. The van der Waals surface area contributed by atoms with Gasteiger partial charge in [0.05, 0.1) is 6.54 Å². The summed E-state index contributed by atoms with van der Waals surface area (Å²) in [6.07, 6.45) is 5.77. The second-order valence-corrected chi connectivity index (χ2v) is 11.6. The van der Waals surface area contributed by atoms with Crippen LogP contribution < -0.4 is 10.2 Å². The van der Waals surface area contributed by atoms with E-state index in [0.29, 0.717) is 11.5 Å². The van der Waals surface area contributed by atoms with Crippen molar-refractivity contribution >= 4 is 17.3 Å². The summed E-state index contributed by atoms with van der Waals surface area (Å²) >= 11 is 0. The van der Waals surface area contributed by atoms with Gasteiger partial charge < -0.3 is 15.1 Å². The molecule has 3 aliphatic rings. The number of hydrogen-bond donors (Lipinski definition) is 1. The zero-order valence-corrected chi connectivity index (χ0v) is 20.4. The van der Waals surface area contributed by atoms with Gasteiger partial charge in [-0.05, 0) is 78.8 Å². The van der Waals surface area contributed by atoms with E-state index in [1.54, 1.807) is 0 Å². The molecular weight excluding hydrogens is 406 g/mol. The van der Waals surface area contributed by atoms with E-state index in [-0.39, 0.29) is 11.3 Å². The molecule has 4 heteroatoms. The summed E-state index contributed by atoms with van der Waals surface area (Å²) in [4.78, 5) is 17.9. The third-order valence-electron chi connectivity index (χ3n) is 7.72. The van der Waals surface area contributed by atoms with Crippen molar-refractivity contribution in [3.05, 3.63) is 71.9 Å². The highest BCUT2D eigenvalue weighted by Gasteiger charge is 2.51. The van der Waals surface area contributed by atoms with Crippen LogP contribution in [0.15, 0.2) is 60.8 Å². The number of hydrogen-bond acceptors (Lipinski definition) is 3. The Morgan fingerprint density at radius 1 is 1.09 bits per heavy atom. The number of rotatable bonds is 5. The monoisotopic (exact) mass is 443 g/mol. The van der Waals surface area contributed by atoms with Crippen LogP contribution in [0.5, 0.6) is 0 Å². The lowest BCUT2D eigenvalue weighted by molar-refractivity contribution is 0.0708. The van der Waals surface area contributed by atoms with Crippen LogP contribution in [0.1, 0.15) is 62.4 Å². The lowest BCUT2D eigenvalue weighted by atomic mass is 9.65. The van der Waals surface area contributed by atoms with Crippen LogP contribution >= 0.6 is 0 Å². The Morgan fingerprint density at radius 2 is 1.85 bits per heavy atom. The summed E-state index contributed by atoms with van der Waals surface area (Å²) in [5.41, 5.74) is 6.04. The molecule has 2 fully saturated rings. The van der Waals surface area contributed by atoms with Gasteiger partial charge in [-0.1, -0.05) is 45.5 Å². The first-order valence-electron chi connectivity index (χ1n) is 12.4. The van der Waals surface area contributed by atoms with E-state index in [0.717, 1.165) is 55.8 Å². The van der Waals surface area contributed by atoms with Crippen LogP contribution in [0.2, 0.25) is 0 Å². The molecule has 1 aliphatic carbocycles. The Morgan fingerprint density at radius 3 is 2.64 bits per heavy atom. The standard InChI is InChI=1S/C29H37N3O/c1-21(18-31-15-7-9-22-8-5-6-10-26(22)31)30-24-13-11-23(12-14-24)27(33)32-20-29(4)17-25(32)16-28(2,3)19-29/h5-6,8,10-14,25,30H,1,7,9,15-20H2,2-4H3. The van der Waals surface area contributed by atoms with Gasteiger partial charge in [0.1, 0.15) is 0 Å². The number of fused-ring (bicyclic) bond motifs is 3. The first-order chi connectivity index (χ1) is 15.7. The van der Waals surface area contributed by atoms with Crippen molar-refractivity contribution in [2.45, 2.75) is 58.9 Å². The molecule has 33 heavy (non-hydrogen) atoms. The molecule has 1 N–H and O–H groups in total. The Labute approximate surface area is 198 Å². The van der Waals surface area contributed by atoms with E-state index in [2.05, 4.69) is 66.7 Å². The van der Waals surface area contributed by atoms with Gasteiger partial charge in [-0.3, -0.25) is 4.79 Å². The number of amides is 1. The molecular formula is C29H37N3O. The van der Waals surface area contributed by atoms with Gasteiger partial charge in [-0.25, -0.2) is 0 Å². The summed E-state index contributed by atoms with van der Waals surface area (Å²) < 4.78 is 0. The maximum atomic E-state index is 13.3. The van der Waals surface area contributed by atoms with Crippen LogP contribution in [-0.4, -0.2) is 36.5 Å². The van der Waals surface area contributed by atoms with Gasteiger partial charge in [0.25, 0.3) is 5.91 Å². The summed E-state index contributed by atoms with van der Waals surface area (Å²) in [7, 11) is 0. The molecule has 5 rings (SSSR count). The van der Waals surface area contributed by atoms with Crippen LogP contribution in [0.3, 0.4) is 0 Å². The van der Waals surface area contributed by atoms with Crippen LogP contribution in [0.25, 0.3) is 0 Å². The molecule has 174 valence electrons. The summed E-state index contributed by atoms with van der Waals surface area (Å²) in [6.45, 7) is 14.0. The quantitative estimate of drug-likeness (QED) is 0.606. The molecule has 2 unspecified atom stereocenters. The van der Waals surface area contributed by atoms with Gasteiger partial charge in [-0.2, -0.15) is 0 Å². The average Bonchev–Trinajstić information content (AvgIpc) is 3.02. The Balaban J connectivity index is 1.22. The Hall–Kier alpha value is -2.75. The maximum Gasteiger partial charge on any atom is 0.254 e. The first-order valence-corrected chi connectivity index (χ1v) is 12.4. The molecule has 2 heterocycles.